The van der Waals surface area contributed by atoms with E-state index in [4.69, 9.17) is 9.47 Å². The van der Waals surface area contributed by atoms with Crippen LogP contribution < -0.4 is 20.3 Å². The average molecular weight is 643 g/mol. The number of carbonyl (C=O) groups excluding carboxylic acids is 2. The van der Waals surface area contributed by atoms with Gasteiger partial charge in [-0.2, -0.15) is 0 Å². The Hall–Kier alpha value is -4.15. The van der Waals surface area contributed by atoms with E-state index >= 15 is 0 Å². The van der Waals surface area contributed by atoms with Crippen LogP contribution in [-0.4, -0.2) is 99.3 Å². The topological polar surface area (TPSA) is 99.3 Å². The third kappa shape index (κ3) is 8.42. The summed E-state index contributed by atoms with van der Waals surface area (Å²) in [5.41, 5.74) is 6.03. The number of benzene rings is 2. The molecule has 2 saturated heterocycles. The molecule has 47 heavy (non-hydrogen) atoms. The van der Waals surface area contributed by atoms with Crippen LogP contribution in [0.1, 0.15) is 56.1 Å². The van der Waals surface area contributed by atoms with E-state index in [1.807, 2.05) is 36.1 Å². The quantitative estimate of drug-likeness (QED) is 0.344. The molecule has 10 heteroatoms. The highest BCUT2D eigenvalue weighted by Crippen LogP contribution is 2.35. The zero-order chi connectivity index (χ0) is 33.2. The first-order valence-electron chi connectivity index (χ1n) is 17.1. The molecule has 10 nitrogen and oxygen atoms in total. The minimum atomic E-state index is -0.178. The highest BCUT2D eigenvalue weighted by atomic mass is 16.5. The lowest BCUT2D eigenvalue weighted by atomic mass is 10.1. The fraction of sp³-hybridized carbons (Fsp3) is 0.486. The Morgan fingerprint density at radius 3 is 2.49 bits per heavy atom. The van der Waals surface area contributed by atoms with Gasteiger partial charge in [0.25, 0.3) is 11.8 Å². The lowest BCUT2D eigenvalue weighted by Crippen LogP contribution is -2.47. The van der Waals surface area contributed by atoms with Crippen LogP contribution in [0.3, 0.4) is 0 Å². The number of rotatable bonds is 7. The van der Waals surface area contributed by atoms with Crippen molar-refractivity contribution in [3.8, 4) is 5.75 Å². The van der Waals surface area contributed by atoms with E-state index in [1.165, 1.54) is 18.4 Å². The van der Waals surface area contributed by atoms with Crippen LogP contribution in [0.15, 0.2) is 59.8 Å². The van der Waals surface area contributed by atoms with E-state index in [-0.39, 0.29) is 11.8 Å². The van der Waals surface area contributed by atoms with Crippen molar-refractivity contribution in [2.75, 3.05) is 82.9 Å². The van der Waals surface area contributed by atoms with Gasteiger partial charge in [0.05, 0.1) is 23.5 Å². The van der Waals surface area contributed by atoms with Crippen molar-refractivity contribution >= 4 is 34.1 Å². The number of para-hydroxylation sites is 1. The van der Waals surface area contributed by atoms with Gasteiger partial charge in [0, 0.05) is 76.1 Å². The summed E-state index contributed by atoms with van der Waals surface area (Å²) in [6.07, 6.45) is 4.39. The van der Waals surface area contributed by atoms with Gasteiger partial charge in [-0.3, -0.25) is 14.5 Å². The van der Waals surface area contributed by atoms with Crippen LogP contribution in [-0.2, 0) is 16.0 Å². The van der Waals surface area contributed by atoms with Crippen molar-refractivity contribution in [1.29, 1.82) is 0 Å². The van der Waals surface area contributed by atoms with Crippen LogP contribution in [0.25, 0.3) is 10.9 Å². The molecule has 6 rings (SSSR count). The van der Waals surface area contributed by atoms with Gasteiger partial charge >= 0.3 is 0 Å². The predicted molar refractivity (Wildman–Crippen MR) is 188 cm³/mol. The summed E-state index contributed by atoms with van der Waals surface area (Å²) in [6, 6.07) is 16.1. The number of unbranched alkanes of at least 4 members (excludes halogenated alkanes) is 1. The Balaban J connectivity index is 0.00000103. The summed E-state index contributed by atoms with van der Waals surface area (Å²) < 4.78 is 11.8. The summed E-state index contributed by atoms with van der Waals surface area (Å²) in [5.74, 6) is 0.749. The number of nitrogens with zero attached hydrogens (tertiary/aromatic N) is 4. The minimum absolute atomic E-state index is 0.0451. The van der Waals surface area contributed by atoms with Gasteiger partial charge in [0.2, 0.25) is 0 Å². The van der Waals surface area contributed by atoms with Crippen LogP contribution in [0.4, 0.5) is 11.4 Å². The molecule has 0 spiro atoms. The van der Waals surface area contributed by atoms with Crippen molar-refractivity contribution < 1.29 is 19.1 Å². The summed E-state index contributed by atoms with van der Waals surface area (Å²) in [7, 11) is 1.62. The smallest absolute Gasteiger partial charge is 0.269 e. The zero-order valence-electron chi connectivity index (χ0n) is 28.4. The number of pyridine rings is 1. The van der Waals surface area contributed by atoms with Gasteiger partial charge in [-0.05, 0) is 55.7 Å². The van der Waals surface area contributed by atoms with Gasteiger partial charge in [-0.1, -0.05) is 44.9 Å². The highest BCUT2D eigenvalue weighted by Gasteiger charge is 2.25. The molecule has 3 aromatic rings. The lowest BCUT2D eigenvalue weighted by molar-refractivity contribution is -0.127. The SMILES string of the molecule is CCCC.CNC(=O)c1ccc2c(N3CCN(CCc4cccc5c4OC/C(=C(/C)C(=O)N4CCCOCC4)N5)CC3)cccc2n1. The molecule has 0 saturated carbocycles. The molecule has 2 N–H and O–H groups in total. The Bertz CT molecular complexity index is 1560. The Kier molecular flexibility index (Phi) is 12.1. The monoisotopic (exact) mass is 642 g/mol. The van der Waals surface area contributed by atoms with E-state index in [1.54, 1.807) is 13.1 Å². The summed E-state index contributed by atoms with van der Waals surface area (Å²) in [4.78, 5) is 36.5. The lowest BCUT2D eigenvalue weighted by Gasteiger charge is -2.36. The largest absolute Gasteiger partial charge is 0.485 e. The molecule has 4 heterocycles. The standard InChI is InChI=1S/C33H40N6O4.C4H10/c1-23(33(41)39-13-5-20-42-21-19-39)29-22-43-31-24(6-3-8-27(31)36-29)12-14-37-15-17-38(18-16-37)30-9-4-7-26-25(30)10-11-28(35-26)32(40)34-2;1-3-4-2/h3-4,6-11,36H,5,12-22H2,1-2H3,(H,34,40);3-4H2,1-2H3/b29-23+;. The summed E-state index contributed by atoms with van der Waals surface area (Å²) in [6.45, 7) is 13.9. The number of carbonyl (C=O) groups is 2. The second-order valence-corrected chi connectivity index (χ2v) is 12.3. The van der Waals surface area contributed by atoms with Crippen molar-refractivity contribution in [1.82, 2.24) is 20.1 Å². The van der Waals surface area contributed by atoms with E-state index in [0.717, 1.165) is 85.8 Å². The van der Waals surface area contributed by atoms with Crippen molar-refractivity contribution in [2.45, 2.75) is 46.5 Å². The molecule has 3 aliphatic heterocycles. The number of hydrogen-bond acceptors (Lipinski definition) is 8. The first-order chi connectivity index (χ1) is 22.9. The third-order valence-electron chi connectivity index (χ3n) is 9.10. The second kappa shape index (κ2) is 16.6. The van der Waals surface area contributed by atoms with E-state index in [9.17, 15) is 9.59 Å². The molecule has 0 unspecified atom stereocenters. The number of amides is 2. The van der Waals surface area contributed by atoms with Gasteiger partial charge in [0.15, 0.2) is 0 Å². The zero-order valence-corrected chi connectivity index (χ0v) is 28.4. The maximum absolute atomic E-state index is 13.1. The molecule has 0 atom stereocenters. The maximum atomic E-state index is 13.1. The number of hydrogen-bond donors (Lipinski definition) is 2. The van der Waals surface area contributed by atoms with Crippen molar-refractivity contribution in [2.24, 2.45) is 0 Å². The third-order valence-corrected chi connectivity index (χ3v) is 9.10. The normalized spacial score (nSPS) is 17.8. The molecule has 3 aliphatic rings. The number of ether oxygens (including phenoxy) is 2. The molecule has 1 aromatic heterocycles. The molecular weight excluding hydrogens is 592 g/mol. The Morgan fingerprint density at radius 1 is 0.936 bits per heavy atom. The van der Waals surface area contributed by atoms with Crippen LogP contribution in [0, 0.1) is 0 Å². The maximum Gasteiger partial charge on any atom is 0.269 e. The van der Waals surface area contributed by atoms with Gasteiger partial charge < -0.3 is 29.9 Å². The van der Waals surface area contributed by atoms with Crippen molar-refractivity contribution in [3.05, 3.63) is 71.1 Å². The van der Waals surface area contributed by atoms with Crippen LogP contribution >= 0.6 is 0 Å². The van der Waals surface area contributed by atoms with E-state index in [2.05, 4.69) is 57.5 Å². The molecule has 2 amide bonds. The summed E-state index contributed by atoms with van der Waals surface area (Å²) in [5, 5.41) is 7.20. The first kappa shape index (κ1) is 34.2. The fourth-order valence-corrected chi connectivity index (χ4v) is 6.07. The van der Waals surface area contributed by atoms with Gasteiger partial charge in [-0.25, -0.2) is 4.98 Å². The van der Waals surface area contributed by atoms with Gasteiger partial charge in [0.1, 0.15) is 18.1 Å². The van der Waals surface area contributed by atoms with Crippen molar-refractivity contribution in [3.63, 3.8) is 0 Å². The summed E-state index contributed by atoms with van der Waals surface area (Å²) >= 11 is 0. The molecule has 2 fully saturated rings. The second-order valence-electron chi connectivity index (χ2n) is 12.3. The van der Waals surface area contributed by atoms with Crippen LogP contribution in [0.2, 0.25) is 0 Å². The van der Waals surface area contributed by atoms with Gasteiger partial charge in [-0.15, -0.1) is 0 Å². The molecular formula is C37H50N6O4. The van der Waals surface area contributed by atoms with E-state index < -0.39 is 0 Å². The molecule has 2 aromatic carbocycles. The molecule has 0 aliphatic carbocycles. The average Bonchev–Trinajstić information content (AvgIpc) is 3.42. The Labute approximate surface area is 279 Å². The molecule has 0 radical (unpaired) electrons. The fourth-order valence-electron chi connectivity index (χ4n) is 6.07. The number of piperazine rings is 1. The van der Waals surface area contributed by atoms with Crippen LogP contribution in [0.5, 0.6) is 5.75 Å². The Morgan fingerprint density at radius 2 is 1.72 bits per heavy atom. The number of anilines is 2. The number of aromatic nitrogens is 1. The minimum Gasteiger partial charge on any atom is -0.485 e. The molecule has 252 valence electrons. The highest BCUT2D eigenvalue weighted by molar-refractivity contribution is 5.98. The number of nitrogens with one attached hydrogen (secondary N) is 2. The van der Waals surface area contributed by atoms with E-state index in [0.29, 0.717) is 37.6 Å². The number of fused-ring (bicyclic) bond motifs is 2. The predicted octanol–water partition coefficient (Wildman–Crippen LogP) is 5.09. The molecule has 0 bridgehead atoms. The first-order valence-corrected chi connectivity index (χ1v) is 17.1.